The van der Waals surface area contributed by atoms with Gasteiger partial charge in [0.15, 0.2) is 0 Å². The van der Waals surface area contributed by atoms with E-state index in [4.69, 9.17) is 5.73 Å². The van der Waals surface area contributed by atoms with Crippen LogP contribution in [0.1, 0.15) is 30.6 Å². The van der Waals surface area contributed by atoms with Gasteiger partial charge in [0, 0.05) is 12.1 Å². The number of halogens is 2. The van der Waals surface area contributed by atoms with E-state index in [9.17, 15) is 13.6 Å². The fourth-order valence-electron chi connectivity index (χ4n) is 1.48. The molecule has 0 fully saturated rings. The van der Waals surface area contributed by atoms with Gasteiger partial charge in [-0.25, -0.2) is 0 Å². The molecule has 0 aliphatic rings. The van der Waals surface area contributed by atoms with Crippen LogP contribution in [0, 0.1) is 0 Å². The third-order valence-corrected chi connectivity index (χ3v) is 2.99. The minimum absolute atomic E-state index is 0.0657. The predicted octanol–water partition coefficient (Wildman–Crippen LogP) is 2.15. The van der Waals surface area contributed by atoms with Crippen LogP contribution in [0.2, 0.25) is 0 Å². The van der Waals surface area contributed by atoms with E-state index in [1.165, 1.54) is 18.2 Å². The molecule has 0 aliphatic heterocycles. The highest BCUT2D eigenvalue weighted by Gasteiger charge is 2.25. The number of ether oxygens (including phenoxy) is 1. The molecule has 0 saturated heterocycles. The number of nitrogens with two attached hydrogens (primary N) is 1. The number of carbonyl (C=O) groups excluding carboxylic acids is 1. The zero-order valence-electron chi connectivity index (χ0n) is 11.0. The predicted molar refractivity (Wildman–Crippen MR) is 68.3 cm³/mol. The smallest absolute Gasteiger partial charge is 0.387 e. The van der Waals surface area contributed by atoms with Crippen LogP contribution in [0.15, 0.2) is 24.3 Å². The number of hydrogen-bond donors (Lipinski definition) is 2. The van der Waals surface area contributed by atoms with Gasteiger partial charge in [0.05, 0.1) is 5.56 Å². The van der Waals surface area contributed by atoms with Crippen molar-refractivity contribution in [2.75, 3.05) is 6.54 Å². The largest absolute Gasteiger partial charge is 0.434 e. The Bertz CT molecular complexity index is 434. The van der Waals surface area contributed by atoms with Gasteiger partial charge in [-0.1, -0.05) is 19.1 Å². The molecule has 1 atom stereocenters. The van der Waals surface area contributed by atoms with Crippen LogP contribution in [0.4, 0.5) is 8.78 Å². The van der Waals surface area contributed by atoms with Crippen LogP contribution in [0.25, 0.3) is 0 Å². The van der Waals surface area contributed by atoms with Crippen LogP contribution in [0.5, 0.6) is 5.75 Å². The highest BCUT2D eigenvalue weighted by Crippen LogP contribution is 2.21. The Morgan fingerprint density at radius 3 is 2.63 bits per heavy atom. The lowest BCUT2D eigenvalue weighted by molar-refractivity contribution is -0.0501. The first kappa shape index (κ1) is 15.4. The van der Waals surface area contributed by atoms with Crippen LogP contribution in [-0.4, -0.2) is 24.6 Å². The average Bonchev–Trinajstić information content (AvgIpc) is 2.38. The van der Waals surface area contributed by atoms with Crippen LogP contribution in [0.3, 0.4) is 0 Å². The van der Waals surface area contributed by atoms with Gasteiger partial charge in [0.1, 0.15) is 5.75 Å². The molecule has 19 heavy (non-hydrogen) atoms. The standard InChI is InChI=1S/C13H18F2N2O2/c1-3-13(2,8-16)17-11(18)9-6-4-5-7-10(9)19-12(14)15/h4-7,12H,3,8,16H2,1-2H3,(H,17,18). The fourth-order valence-corrected chi connectivity index (χ4v) is 1.48. The number of benzene rings is 1. The lowest BCUT2D eigenvalue weighted by atomic mass is 9.98. The monoisotopic (exact) mass is 272 g/mol. The van der Waals surface area contributed by atoms with Crippen molar-refractivity contribution >= 4 is 5.91 Å². The molecule has 0 radical (unpaired) electrons. The van der Waals surface area contributed by atoms with E-state index >= 15 is 0 Å². The molecule has 4 nitrogen and oxygen atoms in total. The SMILES string of the molecule is CCC(C)(CN)NC(=O)c1ccccc1OC(F)F. The molecule has 0 aliphatic carbocycles. The number of amides is 1. The zero-order valence-corrected chi connectivity index (χ0v) is 11.0. The molecule has 1 aromatic carbocycles. The Morgan fingerprint density at radius 2 is 2.11 bits per heavy atom. The molecule has 1 aromatic rings. The molecule has 1 unspecified atom stereocenters. The van der Waals surface area contributed by atoms with E-state index in [2.05, 4.69) is 10.1 Å². The lowest BCUT2D eigenvalue weighted by Crippen LogP contribution is -2.50. The fraction of sp³-hybridized carbons (Fsp3) is 0.462. The summed E-state index contributed by atoms with van der Waals surface area (Å²) in [6, 6.07) is 5.86. The highest BCUT2D eigenvalue weighted by molar-refractivity contribution is 5.97. The minimum Gasteiger partial charge on any atom is -0.434 e. The first-order chi connectivity index (χ1) is 8.91. The van der Waals surface area contributed by atoms with Gasteiger partial charge in [-0.05, 0) is 25.5 Å². The Hall–Kier alpha value is -1.69. The normalized spacial score (nSPS) is 14.0. The molecule has 106 valence electrons. The number of nitrogens with one attached hydrogen (secondary N) is 1. The van der Waals surface area contributed by atoms with Crippen molar-refractivity contribution in [2.45, 2.75) is 32.4 Å². The summed E-state index contributed by atoms with van der Waals surface area (Å²) < 4.78 is 28.8. The van der Waals surface area contributed by atoms with Crippen LogP contribution in [-0.2, 0) is 0 Å². The van der Waals surface area contributed by atoms with E-state index in [1.54, 1.807) is 13.0 Å². The summed E-state index contributed by atoms with van der Waals surface area (Å²) in [7, 11) is 0. The molecule has 6 heteroatoms. The van der Waals surface area contributed by atoms with Crippen molar-refractivity contribution in [1.29, 1.82) is 0 Å². The maximum Gasteiger partial charge on any atom is 0.387 e. The van der Waals surface area contributed by atoms with Gasteiger partial charge in [-0.15, -0.1) is 0 Å². The van der Waals surface area contributed by atoms with E-state index in [1.807, 2.05) is 6.92 Å². The third kappa shape index (κ3) is 4.17. The number of para-hydroxylation sites is 1. The first-order valence-electron chi connectivity index (χ1n) is 5.98. The second-order valence-electron chi connectivity index (χ2n) is 4.45. The molecular formula is C13H18F2N2O2. The van der Waals surface area contributed by atoms with Gasteiger partial charge >= 0.3 is 6.61 Å². The van der Waals surface area contributed by atoms with Crippen molar-refractivity contribution in [3.05, 3.63) is 29.8 Å². The number of hydrogen-bond acceptors (Lipinski definition) is 3. The maximum atomic E-state index is 12.3. The number of carbonyl (C=O) groups is 1. The average molecular weight is 272 g/mol. The third-order valence-electron chi connectivity index (χ3n) is 2.99. The summed E-state index contributed by atoms with van der Waals surface area (Å²) in [5.74, 6) is -0.628. The Morgan fingerprint density at radius 1 is 1.47 bits per heavy atom. The van der Waals surface area contributed by atoms with Gasteiger partial charge in [0.2, 0.25) is 0 Å². The Balaban J connectivity index is 2.93. The lowest BCUT2D eigenvalue weighted by Gasteiger charge is -2.28. The first-order valence-corrected chi connectivity index (χ1v) is 5.98. The van der Waals surface area contributed by atoms with Crippen molar-refractivity contribution in [1.82, 2.24) is 5.32 Å². The second kappa shape index (κ2) is 6.47. The molecule has 0 saturated carbocycles. The summed E-state index contributed by atoms with van der Waals surface area (Å²) in [6.07, 6.45) is 0.632. The molecule has 0 bridgehead atoms. The van der Waals surface area contributed by atoms with E-state index in [-0.39, 0.29) is 17.9 Å². The summed E-state index contributed by atoms with van der Waals surface area (Å²) in [4.78, 5) is 12.1. The van der Waals surface area contributed by atoms with Crippen molar-refractivity contribution in [2.24, 2.45) is 5.73 Å². The van der Waals surface area contributed by atoms with Gasteiger partial charge in [-0.3, -0.25) is 4.79 Å². The van der Waals surface area contributed by atoms with E-state index in [0.29, 0.717) is 6.42 Å². The van der Waals surface area contributed by atoms with Crippen LogP contribution < -0.4 is 15.8 Å². The molecule has 1 amide bonds. The van der Waals surface area contributed by atoms with Gasteiger partial charge < -0.3 is 15.8 Å². The Kier molecular flexibility index (Phi) is 5.23. The second-order valence-corrected chi connectivity index (χ2v) is 4.45. The molecule has 3 N–H and O–H groups in total. The van der Waals surface area contributed by atoms with Crippen molar-refractivity contribution in [3.8, 4) is 5.75 Å². The van der Waals surface area contributed by atoms with Crippen molar-refractivity contribution < 1.29 is 18.3 Å². The minimum atomic E-state index is -2.97. The topological polar surface area (TPSA) is 64.3 Å². The molecule has 1 rings (SSSR count). The molecule has 0 spiro atoms. The maximum absolute atomic E-state index is 12.3. The van der Waals surface area contributed by atoms with Crippen LogP contribution >= 0.6 is 0 Å². The summed E-state index contributed by atoms with van der Waals surface area (Å²) in [5.41, 5.74) is 5.09. The number of rotatable bonds is 6. The molecule has 0 heterocycles. The van der Waals surface area contributed by atoms with E-state index in [0.717, 1.165) is 0 Å². The summed E-state index contributed by atoms with van der Waals surface area (Å²) in [5, 5.41) is 2.73. The summed E-state index contributed by atoms with van der Waals surface area (Å²) in [6.45, 7) is 0.963. The Labute approximate surface area is 110 Å². The van der Waals surface area contributed by atoms with Gasteiger partial charge in [0.25, 0.3) is 5.91 Å². The molecule has 0 aromatic heterocycles. The van der Waals surface area contributed by atoms with Crippen molar-refractivity contribution in [3.63, 3.8) is 0 Å². The highest BCUT2D eigenvalue weighted by atomic mass is 19.3. The quantitative estimate of drug-likeness (QED) is 0.834. The number of alkyl halides is 2. The summed E-state index contributed by atoms with van der Waals surface area (Å²) >= 11 is 0. The molecular weight excluding hydrogens is 254 g/mol. The zero-order chi connectivity index (χ0) is 14.5. The van der Waals surface area contributed by atoms with E-state index < -0.39 is 18.1 Å². The van der Waals surface area contributed by atoms with Gasteiger partial charge in [-0.2, -0.15) is 8.78 Å².